The molecule has 0 aromatic rings. The van der Waals surface area contributed by atoms with Crippen molar-refractivity contribution in [3.63, 3.8) is 0 Å². The minimum absolute atomic E-state index is 0.00556. The summed E-state index contributed by atoms with van der Waals surface area (Å²) in [6.45, 7) is 0.646. The first-order valence-electron chi connectivity index (χ1n) is 6.33. The first-order chi connectivity index (χ1) is 11.0. The molecule has 1 saturated heterocycles. The Kier molecular flexibility index (Phi) is 5.65. The van der Waals surface area contributed by atoms with Gasteiger partial charge in [-0.25, -0.2) is 0 Å². The van der Waals surface area contributed by atoms with Gasteiger partial charge in [-0.15, -0.1) is 4.40 Å². The maximum Gasteiger partial charge on any atom is 0.460 e. The van der Waals surface area contributed by atoms with Gasteiger partial charge in [-0.1, -0.05) is 0 Å². The fourth-order valence-corrected chi connectivity index (χ4v) is 2.73. The molecule has 0 N–H and O–H groups in total. The van der Waals surface area contributed by atoms with Crippen LogP contribution in [-0.4, -0.2) is 68.7 Å². The van der Waals surface area contributed by atoms with Crippen molar-refractivity contribution in [2.75, 3.05) is 26.3 Å². The SMILES string of the molecule is C/C(=N\S(=O)(=O)C(F)(F)C(F)(F)C(F)(F)C(F)(F)F)N1CCOCC1. The van der Waals surface area contributed by atoms with Gasteiger partial charge in [0.15, 0.2) is 0 Å². The summed E-state index contributed by atoms with van der Waals surface area (Å²) in [5, 5.41) is -6.81. The van der Waals surface area contributed by atoms with E-state index in [0.29, 0.717) is 0 Å². The van der Waals surface area contributed by atoms with Crippen LogP contribution in [0.5, 0.6) is 0 Å². The van der Waals surface area contributed by atoms with Crippen LogP contribution in [0.4, 0.5) is 39.5 Å². The monoisotopic (exact) mass is 410 g/mol. The lowest BCUT2D eigenvalue weighted by Crippen LogP contribution is -2.63. The van der Waals surface area contributed by atoms with Crippen LogP contribution in [0.1, 0.15) is 6.92 Å². The van der Waals surface area contributed by atoms with Gasteiger partial charge in [0, 0.05) is 13.1 Å². The number of sulfonamides is 1. The summed E-state index contributed by atoms with van der Waals surface area (Å²) in [7, 11) is -6.77. The first-order valence-corrected chi connectivity index (χ1v) is 7.77. The molecular formula is C10H11F9N2O3S. The van der Waals surface area contributed by atoms with Crippen LogP contribution >= 0.6 is 0 Å². The van der Waals surface area contributed by atoms with Crippen LogP contribution in [0.25, 0.3) is 0 Å². The first kappa shape index (κ1) is 21.8. The van der Waals surface area contributed by atoms with E-state index < -0.39 is 39.1 Å². The standard InChI is InChI=1S/C10H11F9N2O3S/c1-6(21-2-4-24-5-3-21)20-25(22,23)10(18,19)8(13,14)7(11,12)9(15,16)17/h2-5H2,1H3/b20-6+. The Balaban J connectivity index is 3.29. The molecule has 0 unspecified atom stereocenters. The Morgan fingerprint density at radius 2 is 1.36 bits per heavy atom. The number of morpholine rings is 1. The van der Waals surface area contributed by atoms with Crippen LogP contribution in [0.3, 0.4) is 0 Å². The summed E-state index contributed by atoms with van der Waals surface area (Å²) in [5.74, 6) is -15.4. The van der Waals surface area contributed by atoms with E-state index in [9.17, 15) is 47.9 Å². The molecule has 25 heavy (non-hydrogen) atoms. The molecule has 1 heterocycles. The molecule has 1 fully saturated rings. The van der Waals surface area contributed by atoms with Crippen LogP contribution < -0.4 is 0 Å². The van der Waals surface area contributed by atoms with Crippen molar-refractivity contribution in [2.45, 2.75) is 30.2 Å². The number of nitrogens with zero attached hydrogens (tertiary/aromatic N) is 2. The quantitative estimate of drug-likeness (QED) is 0.406. The number of rotatable bonds is 4. The van der Waals surface area contributed by atoms with E-state index in [1.54, 1.807) is 0 Å². The van der Waals surface area contributed by atoms with Crippen molar-refractivity contribution in [3.05, 3.63) is 0 Å². The second-order valence-corrected chi connectivity index (χ2v) is 6.52. The Morgan fingerprint density at radius 3 is 1.76 bits per heavy atom. The van der Waals surface area contributed by atoms with Crippen molar-refractivity contribution in [1.82, 2.24) is 4.90 Å². The highest BCUT2D eigenvalue weighted by Crippen LogP contribution is 2.54. The maximum absolute atomic E-state index is 13.5. The lowest BCUT2D eigenvalue weighted by Gasteiger charge is -2.32. The number of hydrogen-bond acceptors (Lipinski definition) is 3. The minimum Gasteiger partial charge on any atom is -0.378 e. The summed E-state index contributed by atoms with van der Waals surface area (Å²) in [6, 6.07) is 0. The molecule has 15 heteroatoms. The third kappa shape index (κ3) is 3.66. The van der Waals surface area contributed by atoms with Gasteiger partial charge in [-0.05, 0) is 6.92 Å². The lowest BCUT2D eigenvalue weighted by atomic mass is 10.1. The predicted octanol–water partition coefficient (Wildman–Crippen LogP) is 2.49. The minimum atomic E-state index is -7.31. The van der Waals surface area contributed by atoms with Gasteiger partial charge in [0.1, 0.15) is 5.84 Å². The second-order valence-electron chi connectivity index (χ2n) is 4.88. The van der Waals surface area contributed by atoms with Crippen LogP contribution in [0, 0.1) is 0 Å². The van der Waals surface area contributed by atoms with Gasteiger partial charge >= 0.3 is 33.3 Å². The molecule has 1 aliphatic rings. The Labute approximate surface area is 135 Å². The van der Waals surface area contributed by atoms with E-state index >= 15 is 0 Å². The molecule has 0 radical (unpaired) electrons. The molecule has 0 aliphatic carbocycles. The topological polar surface area (TPSA) is 59.0 Å². The zero-order valence-corrected chi connectivity index (χ0v) is 13.1. The normalized spacial score (nSPS) is 19.3. The van der Waals surface area contributed by atoms with E-state index in [0.717, 1.165) is 11.8 Å². The molecule has 0 spiro atoms. The van der Waals surface area contributed by atoms with Crippen molar-refractivity contribution in [1.29, 1.82) is 0 Å². The van der Waals surface area contributed by atoms with Crippen LogP contribution in [0.2, 0.25) is 0 Å². The molecule has 0 bridgehead atoms. The van der Waals surface area contributed by atoms with Crippen molar-refractivity contribution < 1.29 is 52.7 Å². The highest BCUT2D eigenvalue weighted by atomic mass is 32.2. The fraction of sp³-hybridized carbons (Fsp3) is 0.900. The number of halogens is 9. The van der Waals surface area contributed by atoms with Gasteiger partial charge < -0.3 is 9.64 Å². The number of hydrogen-bond donors (Lipinski definition) is 0. The average Bonchev–Trinajstić information content (AvgIpc) is 2.45. The van der Waals surface area contributed by atoms with E-state index in [2.05, 4.69) is 4.40 Å². The van der Waals surface area contributed by atoms with Gasteiger partial charge in [0.2, 0.25) is 0 Å². The molecule has 0 saturated carbocycles. The zero-order valence-electron chi connectivity index (χ0n) is 12.3. The van der Waals surface area contributed by atoms with Crippen LogP contribution in [0.15, 0.2) is 4.40 Å². The van der Waals surface area contributed by atoms with Crippen LogP contribution in [-0.2, 0) is 14.8 Å². The van der Waals surface area contributed by atoms with Crippen molar-refractivity contribution in [2.24, 2.45) is 4.40 Å². The zero-order chi connectivity index (χ0) is 19.9. The summed E-state index contributed by atoms with van der Waals surface area (Å²) in [4.78, 5) is 0.997. The highest BCUT2D eigenvalue weighted by molar-refractivity contribution is 7.91. The molecule has 0 amide bonds. The summed E-state index contributed by atoms with van der Waals surface area (Å²) in [6.07, 6.45) is -7.11. The Morgan fingerprint density at radius 1 is 0.920 bits per heavy atom. The van der Waals surface area contributed by atoms with Gasteiger partial charge in [0.25, 0.3) is 0 Å². The molecule has 0 aromatic carbocycles. The van der Waals surface area contributed by atoms with Crippen molar-refractivity contribution >= 4 is 15.9 Å². The van der Waals surface area contributed by atoms with E-state index in [4.69, 9.17) is 4.74 Å². The molecule has 0 atom stereocenters. The number of amidine groups is 1. The summed E-state index contributed by atoms with van der Waals surface area (Å²) >= 11 is 0. The van der Waals surface area contributed by atoms with Gasteiger partial charge in [0.05, 0.1) is 13.2 Å². The van der Waals surface area contributed by atoms with Gasteiger partial charge in [-0.2, -0.15) is 47.9 Å². The third-order valence-corrected chi connectivity index (χ3v) is 4.57. The highest BCUT2D eigenvalue weighted by Gasteiger charge is 2.85. The largest absolute Gasteiger partial charge is 0.460 e. The van der Waals surface area contributed by atoms with Crippen molar-refractivity contribution in [3.8, 4) is 0 Å². The van der Waals surface area contributed by atoms with E-state index in [1.165, 1.54) is 0 Å². The summed E-state index contributed by atoms with van der Waals surface area (Å²) < 4.78 is 145. The third-order valence-electron chi connectivity index (χ3n) is 3.16. The Bertz CT molecular complexity index is 624. The smallest absolute Gasteiger partial charge is 0.378 e. The number of alkyl halides is 9. The molecule has 1 aliphatic heterocycles. The fourth-order valence-electron chi connectivity index (χ4n) is 1.70. The summed E-state index contributed by atoms with van der Waals surface area (Å²) in [5.41, 5.74) is 0. The van der Waals surface area contributed by atoms with E-state index in [-0.39, 0.29) is 26.3 Å². The molecular weight excluding hydrogens is 399 g/mol. The average molecular weight is 410 g/mol. The van der Waals surface area contributed by atoms with Gasteiger partial charge in [-0.3, -0.25) is 0 Å². The molecule has 1 rings (SSSR count). The maximum atomic E-state index is 13.5. The molecule has 148 valence electrons. The van der Waals surface area contributed by atoms with E-state index in [1.807, 2.05) is 0 Å². The lowest BCUT2D eigenvalue weighted by molar-refractivity contribution is -0.382. The predicted molar refractivity (Wildman–Crippen MR) is 65.3 cm³/mol. The molecule has 5 nitrogen and oxygen atoms in total. The molecule has 0 aromatic heterocycles. The number of ether oxygens (including phenoxy) is 1. The second kappa shape index (κ2) is 6.48. The Hall–Kier alpha value is -1.25.